The van der Waals surface area contributed by atoms with Gasteiger partial charge in [0, 0.05) is 39.5 Å². The zero-order chi connectivity index (χ0) is 21.3. The molecule has 0 saturated carbocycles. The van der Waals surface area contributed by atoms with Crippen molar-refractivity contribution in [3.8, 4) is 0 Å². The Balaban J connectivity index is 1.78. The zero-order valence-corrected chi connectivity index (χ0v) is 18.7. The quantitative estimate of drug-likeness (QED) is 0.386. The van der Waals surface area contributed by atoms with Crippen molar-refractivity contribution < 1.29 is 9.53 Å². The average Bonchev–Trinajstić information content (AvgIpc) is 3.35. The molecular formula is C21H24N4O3S2. The van der Waals surface area contributed by atoms with E-state index in [2.05, 4.69) is 4.90 Å². The van der Waals surface area contributed by atoms with Crippen molar-refractivity contribution in [2.24, 2.45) is 0 Å². The molecule has 0 unspecified atom stereocenters. The predicted molar refractivity (Wildman–Crippen MR) is 124 cm³/mol. The van der Waals surface area contributed by atoms with Gasteiger partial charge in [0.1, 0.15) is 15.8 Å². The molecule has 2 aromatic rings. The number of rotatable bonds is 6. The Morgan fingerprint density at radius 2 is 2.03 bits per heavy atom. The molecular weight excluding hydrogens is 420 g/mol. The molecule has 7 nitrogen and oxygen atoms in total. The lowest BCUT2D eigenvalue weighted by molar-refractivity contribution is -0.122. The monoisotopic (exact) mass is 444 g/mol. The van der Waals surface area contributed by atoms with Crippen LogP contribution in [0.5, 0.6) is 0 Å². The van der Waals surface area contributed by atoms with E-state index in [-0.39, 0.29) is 11.5 Å². The molecule has 30 heavy (non-hydrogen) atoms. The lowest BCUT2D eigenvalue weighted by atomic mass is 10.2. The Morgan fingerprint density at radius 1 is 1.27 bits per heavy atom. The molecule has 2 aliphatic rings. The highest BCUT2D eigenvalue weighted by atomic mass is 32.2. The van der Waals surface area contributed by atoms with Gasteiger partial charge >= 0.3 is 0 Å². The molecule has 0 bridgehead atoms. The number of fused-ring (bicyclic) bond motifs is 1. The van der Waals surface area contributed by atoms with Crippen LogP contribution in [0, 0.1) is 6.92 Å². The first-order valence-electron chi connectivity index (χ1n) is 10.0. The lowest BCUT2D eigenvalue weighted by Crippen LogP contribution is -2.30. The minimum Gasteiger partial charge on any atom is -0.385 e. The molecule has 158 valence electrons. The molecule has 0 spiro atoms. The maximum absolute atomic E-state index is 13.4. The van der Waals surface area contributed by atoms with Gasteiger partial charge in [0.15, 0.2) is 0 Å². The van der Waals surface area contributed by atoms with Gasteiger partial charge in [-0.2, -0.15) is 0 Å². The number of carbonyl (C=O) groups is 1. The largest absolute Gasteiger partial charge is 0.385 e. The van der Waals surface area contributed by atoms with E-state index in [1.165, 1.54) is 11.8 Å². The number of aromatic nitrogens is 2. The number of nitrogens with zero attached hydrogens (tertiary/aromatic N) is 4. The molecule has 0 radical (unpaired) electrons. The second kappa shape index (κ2) is 8.87. The summed E-state index contributed by atoms with van der Waals surface area (Å²) in [5.41, 5.74) is 1.85. The number of methoxy groups -OCH3 is 1. The van der Waals surface area contributed by atoms with Crippen LogP contribution in [0.15, 0.2) is 28.0 Å². The van der Waals surface area contributed by atoms with Gasteiger partial charge in [-0.05, 0) is 43.9 Å². The van der Waals surface area contributed by atoms with Gasteiger partial charge in [-0.15, -0.1) is 0 Å². The number of pyridine rings is 1. The van der Waals surface area contributed by atoms with Gasteiger partial charge in [0.05, 0.1) is 10.5 Å². The summed E-state index contributed by atoms with van der Waals surface area (Å²) in [6, 6.07) is 3.80. The highest BCUT2D eigenvalue weighted by Gasteiger charge is 2.32. The third-order valence-electron chi connectivity index (χ3n) is 5.27. The summed E-state index contributed by atoms with van der Waals surface area (Å²) in [7, 11) is 1.63. The van der Waals surface area contributed by atoms with E-state index in [1.807, 2.05) is 19.1 Å². The summed E-state index contributed by atoms with van der Waals surface area (Å²) in [6.07, 6.45) is 6.29. The fourth-order valence-electron chi connectivity index (χ4n) is 3.73. The SMILES string of the molecule is COCCCN1C(=O)C(=Cc2c(N3CCCC3)nc3ccc(C)cn3c2=O)SC1=S. The first kappa shape index (κ1) is 21.0. The van der Waals surface area contributed by atoms with Crippen molar-refractivity contribution >= 4 is 51.7 Å². The lowest BCUT2D eigenvalue weighted by Gasteiger charge is -2.19. The van der Waals surface area contributed by atoms with Crippen LogP contribution in [0.1, 0.15) is 30.4 Å². The van der Waals surface area contributed by atoms with Crippen molar-refractivity contribution in [2.75, 3.05) is 38.3 Å². The minimum absolute atomic E-state index is 0.165. The van der Waals surface area contributed by atoms with E-state index in [9.17, 15) is 9.59 Å². The zero-order valence-electron chi connectivity index (χ0n) is 17.1. The van der Waals surface area contributed by atoms with Crippen molar-refractivity contribution in [3.05, 3.63) is 44.7 Å². The fraction of sp³-hybridized carbons (Fsp3) is 0.429. The van der Waals surface area contributed by atoms with Gasteiger partial charge in [-0.1, -0.05) is 30.0 Å². The number of thioether (sulfide) groups is 1. The number of hydrogen-bond donors (Lipinski definition) is 0. The van der Waals surface area contributed by atoms with Gasteiger partial charge in [-0.3, -0.25) is 18.9 Å². The highest BCUT2D eigenvalue weighted by molar-refractivity contribution is 8.26. The van der Waals surface area contributed by atoms with E-state index in [1.54, 1.807) is 28.7 Å². The van der Waals surface area contributed by atoms with Crippen molar-refractivity contribution in [1.29, 1.82) is 0 Å². The molecule has 1 amide bonds. The van der Waals surface area contributed by atoms with Crippen LogP contribution >= 0.6 is 24.0 Å². The first-order chi connectivity index (χ1) is 14.5. The van der Waals surface area contributed by atoms with E-state index in [0.717, 1.165) is 31.5 Å². The molecule has 0 N–H and O–H groups in total. The smallest absolute Gasteiger partial charge is 0.267 e. The molecule has 2 aliphatic heterocycles. The summed E-state index contributed by atoms with van der Waals surface area (Å²) < 4.78 is 7.14. The van der Waals surface area contributed by atoms with Crippen LogP contribution in [0.25, 0.3) is 11.7 Å². The summed E-state index contributed by atoms with van der Waals surface area (Å²) in [6.45, 7) is 4.71. The van der Waals surface area contributed by atoms with E-state index < -0.39 is 0 Å². The summed E-state index contributed by atoms with van der Waals surface area (Å²) in [5.74, 6) is 0.480. The summed E-state index contributed by atoms with van der Waals surface area (Å²) in [5, 5.41) is 0. The normalized spacial score (nSPS) is 18.4. The Bertz CT molecular complexity index is 1090. The van der Waals surface area contributed by atoms with Gasteiger partial charge < -0.3 is 9.64 Å². The molecule has 2 fully saturated rings. The Labute approximate surface area is 184 Å². The third-order valence-corrected chi connectivity index (χ3v) is 6.65. The van der Waals surface area contributed by atoms with Crippen LogP contribution in [0.4, 0.5) is 5.82 Å². The third kappa shape index (κ3) is 4.01. The van der Waals surface area contributed by atoms with Crippen LogP contribution < -0.4 is 10.5 Å². The average molecular weight is 445 g/mol. The van der Waals surface area contributed by atoms with E-state index >= 15 is 0 Å². The number of aryl methyl sites for hydroxylation is 1. The van der Waals surface area contributed by atoms with Crippen molar-refractivity contribution in [3.63, 3.8) is 0 Å². The number of carbonyl (C=O) groups excluding carboxylic acids is 1. The van der Waals surface area contributed by atoms with E-state index in [4.69, 9.17) is 21.9 Å². The summed E-state index contributed by atoms with van der Waals surface area (Å²) >= 11 is 6.64. The minimum atomic E-state index is -0.171. The number of amides is 1. The topological polar surface area (TPSA) is 67.2 Å². The standard InChI is InChI=1S/C21H24N4O3S2/c1-14-6-7-17-22-18(23-8-3-4-9-23)15(19(26)25(17)13-14)12-16-20(27)24(21(29)30-16)10-5-11-28-2/h6-7,12-13H,3-5,8-11H2,1-2H3. The maximum Gasteiger partial charge on any atom is 0.267 e. The molecule has 2 aromatic heterocycles. The Kier molecular flexibility index (Phi) is 6.21. The molecule has 0 aromatic carbocycles. The first-order valence-corrected chi connectivity index (χ1v) is 11.2. The summed E-state index contributed by atoms with van der Waals surface area (Å²) in [4.78, 5) is 35.3. The van der Waals surface area contributed by atoms with Gasteiger partial charge in [0.2, 0.25) is 0 Å². The van der Waals surface area contributed by atoms with Gasteiger partial charge in [0.25, 0.3) is 11.5 Å². The van der Waals surface area contributed by atoms with Gasteiger partial charge in [-0.25, -0.2) is 4.98 Å². The molecule has 2 saturated heterocycles. The van der Waals surface area contributed by atoms with Crippen LogP contribution in [0.2, 0.25) is 0 Å². The number of thiocarbonyl (C=S) groups is 1. The van der Waals surface area contributed by atoms with Crippen LogP contribution in [-0.4, -0.2) is 57.9 Å². The number of anilines is 1. The Hall–Kier alpha value is -2.23. The van der Waals surface area contributed by atoms with Crippen LogP contribution in [0.3, 0.4) is 0 Å². The van der Waals surface area contributed by atoms with E-state index in [0.29, 0.717) is 45.8 Å². The second-order valence-electron chi connectivity index (χ2n) is 7.46. The molecule has 9 heteroatoms. The molecule has 4 heterocycles. The number of hydrogen-bond acceptors (Lipinski definition) is 7. The van der Waals surface area contributed by atoms with Crippen LogP contribution in [-0.2, 0) is 9.53 Å². The predicted octanol–water partition coefficient (Wildman–Crippen LogP) is 2.84. The number of ether oxygens (including phenoxy) is 1. The van der Waals surface area contributed by atoms with Crippen molar-refractivity contribution in [1.82, 2.24) is 14.3 Å². The molecule has 4 rings (SSSR count). The fourth-order valence-corrected chi connectivity index (χ4v) is 5.02. The second-order valence-corrected chi connectivity index (χ2v) is 9.14. The molecule has 0 atom stereocenters. The Morgan fingerprint density at radius 3 is 2.77 bits per heavy atom. The highest BCUT2D eigenvalue weighted by Crippen LogP contribution is 2.34. The molecule has 0 aliphatic carbocycles. The van der Waals surface area contributed by atoms with Crippen molar-refractivity contribution in [2.45, 2.75) is 26.2 Å². The maximum atomic E-state index is 13.4.